The minimum atomic E-state index is 0. The Kier molecular flexibility index (Phi) is 10.7. The first-order valence-electron chi connectivity index (χ1n) is 10.5. The molecule has 2 aliphatic heterocycles. The van der Waals surface area contributed by atoms with Gasteiger partial charge in [-0.3, -0.25) is 9.69 Å². The summed E-state index contributed by atoms with van der Waals surface area (Å²) in [6.45, 7) is 9.86. The van der Waals surface area contributed by atoms with E-state index in [1.54, 1.807) is 0 Å². The molecule has 162 valence electrons. The normalized spacial score (nSPS) is 18.3. The topological polar surface area (TPSA) is 69.2 Å². The van der Waals surface area contributed by atoms with Crippen LogP contribution in [0.4, 0.5) is 5.69 Å². The van der Waals surface area contributed by atoms with Crippen LogP contribution in [-0.2, 0) is 16.1 Å². The van der Waals surface area contributed by atoms with Crippen LogP contribution in [0.5, 0.6) is 0 Å². The predicted molar refractivity (Wildman–Crippen MR) is 128 cm³/mol. The third-order valence-corrected chi connectivity index (χ3v) is 5.16. The van der Waals surface area contributed by atoms with E-state index in [1.165, 1.54) is 0 Å². The van der Waals surface area contributed by atoms with E-state index < -0.39 is 0 Å². The lowest BCUT2D eigenvalue weighted by molar-refractivity contribution is -0.119. The number of hydrogen-bond donors (Lipinski definition) is 2. The molecule has 0 bridgehead atoms. The van der Waals surface area contributed by atoms with Crippen molar-refractivity contribution in [2.24, 2.45) is 4.99 Å². The van der Waals surface area contributed by atoms with Crippen molar-refractivity contribution in [2.45, 2.75) is 32.7 Å². The van der Waals surface area contributed by atoms with Gasteiger partial charge in [0.05, 0.1) is 19.8 Å². The van der Waals surface area contributed by atoms with Gasteiger partial charge in [-0.2, -0.15) is 0 Å². The van der Waals surface area contributed by atoms with Crippen LogP contribution in [0.15, 0.2) is 29.3 Å². The third kappa shape index (κ3) is 7.75. The van der Waals surface area contributed by atoms with Crippen molar-refractivity contribution < 1.29 is 9.53 Å². The number of halogens is 1. The van der Waals surface area contributed by atoms with Gasteiger partial charge in [-0.05, 0) is 37.5 Å². The second-order valence-corrected chi connectivity index (χ2v) is 7.24. The van der Waals surface area contributed by atoms with Gasteiger partial charge in [0, 0.05) is 51.4 Å². The second kappa shape index (κ2) is 13.0. The molecule has 0 saturated carbocycles. The molecule has 0 unspecified atom stereocenters. The molecule has 0 spiro atoms. The van der Waals surface area contributed by atoms with Crippen molar-refractivity contribution in [3.8, 4) is 0 Å². The summed E-state index contributed by atoms with van der Waals surface area (Å²) >= 11 is 0. The van der Waals surface area contributed by atoms with Crippen molar-refractivity contribution in [2.75, 3.05) is 57.4 Å². The van der Waals surface area contributed by atoms with Gasteiger partial charge >= 0.3 is 0 Å². The lowest BCUT2D eigenvalue weighted by Crippen LogP contribution is -2.44. The Labute approximate surface area is 191 Å². The summed E-state index contributed by atoms with van der Waals surface area (Å²) in [5, 5.41) is 6.71. The van der Waals surface area contributed by atoms with Crippen LogP contribution in [0.1, 0.15) is 31.7 Å². The van der Waals surface area contributed by atoms with Crippen LogP contribution in [0, 0.1) is 0 Å². The van der Waals surface area contributed by atoms with Gasteiger partial charge in [-0.15, -0.1) is 24.0 Å². The monoisotopic (exact) mass is 515 g/mol. The smallest absolute Gasteiger partial charge is 0.226 e. The minimum Gasteiger partial charge on any atom is -0.379 e. The largest absolute Gasteiger partial charge is 0.379 e. The number of carbonyl (C=O) groups is 1. The van der Waals surface area contributed by atoms with Gasteiger partial charge in [0.1, 0.15) is 0 Å². The summed E-state index contributed by atoms with van der Waals surface area (Å²) in [7, 11) is 0. The second-order valence-electron chi connectivity index (χ2n) is 7.24. The van der Waals surface area contributed by atoms with Crippen molar-refractivity contribution in [1.29, 1.82) is 0 Å². The highest BCUT2D eigenvalue weighted by Gasteiger charge is 2.19. The summed E-state index contributed by atoms with van der Waals surface area (Å²) in [4.78, 5) is 21.1. The van der Waals surface area contributed by atoms with E-state index in [4.69, 9.17) is 9.73 Å². The average molecular weight is 515 g/mol. The Morgan fingerprint density at radius 2 is 1.86 bits per heavy atom. The van der Waals surface area contributed by atoms with Crippen LogP contribution in [0.25, 0.3) is 0 Å². The van der Waals surface area contributed by atoms with Gasteiger partial charge in [-0.1, -0.05) is 12.1 Å². The zero-order chi connectivity index (χ0) is 19.6. The lowest BCUT2D eigenvalue weighted by Gasteiger charge is -2.27. The number of carbonyl (C=O) groups excluding carboxylic acids is 1. The van der Waals surface area contributed by atoms with Gasteiger partial charge < -0.3 is 20.3 Å². The molecule has 8 heteroatoms. The zero-order valence-corrected chi connectivity index (χ0v) is 19.7. The average Bonchev–Trinajstić information content (AvgIpc) is 2.74. The number of anilines is 1. The molecule has 0 radical (unpaired) electrons. The van der Waals surface area contributed by atoms with Crippen LogP contribution in [0.3, 0.4) is 0 Å². The van der Waals surface area contributed by atoms with E-state index in [0.717, 1.165) is 82.5 Å². The standard InChI is InChI=1S/C21H33N5O2.HI/c1-2-22-21(23-10-12-25-13-15-28-16-14-25)24-17-18-6-8-19(9-7-18)26-11-4-3-5-20(26)27;/h6-9H,2-5,10-17H2,1H3,(H2,22,23,24);1H. The van der Waals surface area contributed by atoms with E-state index >= 15 is 0 Å². The van der Waals surface area contributed by atoms with Crippen LogP contribution < -0.4 is 15.5 Å². The fraction of sp³-hybridized carbons (Fsp3) is 0.619. The molecule has 2 N–H and O–H groups in total. The molecular formula is C21H34IN5O2. The fourth-order valence-corrected chi connectivity index (χ4v) is 3.53. The van der Waals surface area contributed by atoms with Crippen molar-refractivity contribution in [3.63, 3.8) is 0 Å². The van der Waals surface area contributed by atoms with E-state index in [9.17, 15) is 4.79 Å². The first-order valence-corrected chi connectivity index (χ1v) is 10.5. The number of aliphatic imine (C=N–C) groups is 1. The quantitative estimate of drug-likeness (QED) is 0.331. The Balaban J connectivity index is 0.00000300. The van der Waals surface area contributed by atoms with Gasteiger partial charge in [-0.25, -0.2) is 4.99 Å². The summed E-state index contributed by atoms with van der Waals surface area (Å²) in [6, 6.07) is 8.20. The van der Waals surface area contributed by atoms with Crippen LogP contribution >= 0.6 is 24.0 Å². The minimum absolute atomic E-state index is 0. The highest BCUT2D eigenvalue weighted by atomic mass is 127. The molecule has 0 aromatic heterocycles. The number of ether oxygens (including phenoxy) is 1. The third-order valence-electron chi connectivity index (χ3n) is 5.16. The molecule has 7 nitrogen and oxygen atoms in total. The molecule has 2 fully saturated rings. The summed E-state index contributed by atoms with van der Waals surface area (Å²) in [6.07, 6.45) is 2.75. The SMILES string of the molecule is CCNC(=NCc1ccc(N2CCCCC2=O)cc1)NCCN1CCOCC1.I. The maximum absolute atomic E-state index is 12.1. The molecule has 1 aromatic carbocycles. The Morgan fingerprint density at radius 3 is 2.55 bits per heavy atom. The summed E-state index contributed by atoms with van der Waals surface area (Å²) in [5.74, 6) is 1.07. The zero-order valence-electron chi connectivity index (χ0n) is 17.4. The Bertz CT molecular complexity index is 647. The molecule has 1 amide bonds. The van der Waals surface area contributed by atoms with Crippen LogP contribution in [-0.4, -0.2) is 69.2 Å². The van der Waals surface area contributed by atoms with E-state index in [0.29, 0.717) is 13.0 Å². The molecule has 0 aliphatic carbocycles. The lowest BCUT2D eigenvalue weighted by atomic mass is 10.1. The highest BCUT2D eigenvalue weighted by Crippen LogP contribution is 2.21. The molecule has 2 heterocycles. The van der Waals surface area contributed by atoms with E-state index in [2.05, 4.69) is 34.6 Å². The number of amides is 1. The Morgan fingerprint density at radius 1 is 1.10 bits per heavy atom. The highest BCUT2D eigenvalue weighted by molar-refractivity contribution is 14.0. The predicted octanol–water partition coefficient (Wildman–Crippen LogP) is 2.21. The van der Waals surface area contributed by atoms with Gasteiger partial charge in [0.2, 0.25) is 5.91 Å². The first-order chi connectivity index (χ1) is 13.8. The van der Waals surface area contributed by atoms with Crippen molar-refractivity contribution in [3.05, 3.63) is 29.8 Å². The molecule has 2 aliphatic rings. The van der Waals surface area contributed by atoms with E-state index in [1.807, 2.05) is 17.0 Å². The summed E-state index contributed by atoms with van der Waals surface area (Å²) < 4.78 is 5.39. The number of piperidine rings is 1. The molecule has 2 saturated heterocycles. The number of nitrogens with one attached hydrogen (secondary N) is 2. The number of morpholine rings is 1. The van der Waals surface area contributed by atoms with Crippen molar-refractivity contribution >= 4 is 41.5 Å². The van der Waals surface area contributed by atoms with Gasteiger partial charge in [0.15, 0.2) is 5.96 Å². The maximum atomic E-state index is 12.1. The number of guanidine groups is 1. The van der Waals surface area contributed by atoms with Crippen molar-refractivity contribution in [1.82, 2.24) is 15.5 Å². The molecule has 1 aromatic rings. The molecule has 29 heavy (non-hydrogen) atoms. The Hall–Kier alpha value is -1.39. The van der Waals surface area contributed by atoms with E-state index in [-0.39, 0.29) is 29.9 Å². The fourth-order valence-electron chi connectivity index (χ4n) is 3.53. The van der Waals surface area contributed by atoms with Crippen LogP contribution in [0.2, 0.25) is 0 Å². The number of rotatable bonds is 7. The molecular weight excluding hydrogens is 481 g/mol. The number of nitrogens with zero attached hydrogens (tertiary/aromatic N) is 3. The summed E-state index contributed by atoms with van der Waals surface area (Å²) in [5.41, 5.74) is 2.13. The number of benzene rings is 1. The molecule has 3 rings (SSSR count). The first kappa shape index (κ1) is 23.9. The maximum Gasteiger partial charge on any atom is 0.226 e. The molecule has 0 atom stereocenters. The number of hydrogen-bond acceptors (Lipinski definition) is 4. The van der Waals surface area contributed by atoms with Gasteiger partial charge in [0.25, 0.3) is 0 Å².